The van der Waals surface area contributed by atoms with Gasteiger partial charge >= 0.3 is 0 Å². The molecule has 0 aromatic heterocycles. The van der Waals surface area contributed by atoms with Gasteiger partial charge in [0.25, 0.3) is 0 Å². The number of nitrogens with one attached hydrogen (secondary N) is 1. The first-order chi connectivity index (χ1) is 10.2. The van der Waals surface area contributed by atoms with E-state index < -0.39 is 0 Å². The minimum absolute atomic E-state index is 0.0506. The minimum atomic E-state index is 0.0506. The van der Waals surface area contributed by atoms with Crippen LogP contribution in [0.1, 0.15) is 35.1 Å². The highest BCUT2D eigenvalue weighted by Crippen LogP contribution is 2.22. The Labute approximate surface area is 126 Å². The number of anilines is 1. The van der Waals surface area contributed by atoms with Gasteiger partial charge in [-0.1, -0.05) is 35.9 Å². The Morgan fingerprint density at radius 2 is 1.71 bits per heavy atom. The van der Waals surface area contributed by atoms with Crippen LogP contribution in [0.3, 0.4) is 0 Å². The molecular weight excluding hydrogens is 258 g/mol. The van der Waals surface area contributed by atoms with Gasteiger partial charge in [0.15, 0.2) is 0 Å². The molecule has 0 saturated heterocycles. The molecule has 108 valence electrons. The number of carbonyl (C=O) groups is 1. The molecule has 0 atom stereocenters. The van der Waals surface area contributed by atoms with Crippen LogP contribution in [0.4, 0.5) is 5.69 Å². The number of fused-ring (bicyclic) bond motifs is 1. The van der Waals surface area contributed by atoms with E-state index in [1.165, 1.54) is 36.0 Å². The predicted octanol–water partition coefficient (Wildman–Crippen LogP) is 4.06. The Hall–Kier alpha value is -2.09. The van der Waals surface area contributed by atoms with Gasteiger partial charge in [0, 0.05) is 5.69 Å². The maximum Gasteiger partial charge on any atom is 0.228 e. The Bertz CT molecular complexity index is 643. The number of hydrogen-bond acceptors (Lipinski definition) is 1. The van der Waals surface area contributed by atoms with Crippen LogP contribution in [0.15, 0.2) is 42.5 Å². The van der Waals surface area contributed by atoms with Crippen LogP contribution in [-0.4, -0.2) is 5.91 Å². The zero-order chi connectivity index (χ0) is 14.7. The van der Waals surface area contributed by atoms with Crippen molar-refractivity contribution in [3.63, 3.8) is 0 Å². The van der Waals surface area contributed by atoms with Crippen LogP contribution in [-0.2, 0) is 24.1 Å². The number of aryl methyl sites for hydroxylation is 3. The van der Waals surface area contributed by atoms with Crippen molar-refractivity contribution in [2.75, 3.05) is 5.32 Å². The Morgan fingerprint density at radius 1 is 1.00 bits per heavy atom. The molecule has 3 rings (SSSR count). The van der Waals surface area contributed by atoms with Gasteiger partial charge in [0.2, 0.25) is 5.91 Å². The zero-order valence-electron chi connectivity index (χ0n) is 12.5. The van der Waals surface area contributed by atoms with Crippen LogP contribution in [0, 0.1) is 6.92 Å². The average Bonchev–Trinajstić information content (AvgIpc) is 2.49. The summed E-state index contributed by atoms with van der Waals surface area (Å²) in [5.74, 6) is 0.0506. The second kappa shape index (κ2) is 6.13. The first-order valence-corrected chi connectivity index (χ1v) is 7.68. The molecule has 1 N–H and O–H groups in total. The van der Waals surface area contributed by atoms with Crippen molar-refractivity contribution in [2.24, 2.45) is 0 Å². The molecule has 0 unspecified atom stereocenters. The summed E-state index contributed by atoms with van der Waals surface area (Å²) in [4.78, 5) is 12.1. The van der Waals surface area contributed by atoms with E-state index in [1.54, 1.807) is 0 Å². The summed E-state index contributed by atoms with van der Waals surface area (Å²) in [6.45, 7) is 2.04. The van der Waals surface area contributed by atoms with E-state index in [-0.39, 0.29) is 5.91 Å². The normalized spacial score (nSPS) is 13.6. The summed E-state index contributed by atoms with van der Waals surface area (Å²) in [5.41, 5.74) is 6.07. The van der Waals surface area contributed by atoms with Gasteiger partial charge in [0.05, 0.1) is 6.42 Å². The molecule has 0 radical (unpaired) electrons. The summed E-state index contributed by atoms with van der Waals surface area (Å²) in [6, 6.07) is 14.4. The monoisotopic (exact) mass is 279 g/mol. The lowest BCUT2D eigenvalue weighted by molar-refractivity contribution is -0.115. The molecule has 2 aromatic carbocycles. The molecule has 2 aromatic rings. The van der Waals surface area contributed by atoms with Crippen LogP contribution in [0.25, 0.3) is 0 Å². The SMILES string of the molecule is Cc1ccc(NC(=O)Cc2ccc3c(c2)CCCC3)cc1. The molecule has 1 aliphatic carbocycles. The van der Waals surface area contributed by atoms with Gasteiger partial charge < -0.3 is 5.32 Å². The number of carbonyl (C=O) groups excluding carboxylic acids is 1. The van der Waals surface area contributed by atoms with Crippen molar-refractivity contribution in [3.05, 3.63) is 64.7 Å². The molecular formula is C19H21NO. The summed E-state index contributed by atoms with van der Waals surface area (Å²) in [5, 5.41) is 2.96. The van der Waals surface area contributed by atoms with Crippen LogP contribution < -0.4 is 5.32 Å². The fourth-order valence-corrected chi connectivity index (χ4v) is 2.92. The summed E-state index contributed by atoms with van der Waals surface area (Å²) in [7, 11) is 0. The molecule has 21 heavy (non-hydrogen) atoms. The second-order valence-electron chi connectivity index (χ2n) is 5.90. The summed E-state index contributed by atoms with van der Waals surface area (Å²) in [6.07, 6.45) is 5.35. The van der Waals surface area contributed by atoms with Crippen LogP contribution in [0.2, 0.25) is 0 Å². The van der Waals surface area contributed by atoms with Crippen molar-refractivity contribution >= 4 is 11.6 Å². The standard InChI is InChI=1S/C19H21NO/c1-14-6-10-18(11-7-14)20-19(21)13-15-8-9-16-4-2-3-5-17(16)12-15/h6-12H,2-5,13H2,1H3,(H,20,21). The number of amides is 1. The van der Waals surface area contributed by atoms with E-state index in [0.717, 1.165) is 17.7 Å². The van der Waals surface area contributed by atoms with Crippen molar-refractivity contribution in [1.82, 2.24) is 0 Å². The summed E-state index contributed by atoms with van der Waals surface area (Å²) < 4.78 is 0. The van der Waals surface area contributed by atoms with Gasteiger partial charge in [-0.25, -0.2) is 0 Å². The number of hydrogen-bond donors (Lipinski definition) is 1. The van der Waals surface area contributed by atoms with E-state index in [9.17, 15) is 4.79 Å². The van der Waals surface area contributed by atoms with E-state index >= 15 is 0 Å². The third kappa shape index (κ3) is 3.52. The van der Waals surface area contributed by atoms with Crippen molar-refractivity contribution in [2.45, 2.75) is 39.0 Å². The van der Waals surface area contributed by atoms with Crippen LogP contribution in [0.5, 0.6) is 0 Å². The first-order valence-electron chi connectivity index (χ1n) is 7.68. The number of rotatable bonds is 3. The fourth-order valence-electron chi connectivity index (χ4n) is 2.92. The zero-order valence-corrected chi connectivity index (χ0v) is 12.5. The molecule has 0 fully saturated rings. The highest BCUT2D eigenvalue weighted by molar-refractivity contribution is 5.92. The quantitative estimate of drug-likeness (QED) is 0.902. The molecule has 0 heterocycles. The van der Waals surface area contributed by atoms with E-state index in [4.69, 9.17) is 0 Å². The molecule has 0 saturated carbocycles. The van der Waals surface area contributed by atoms with E-state index in [2.05, 4.69) is 23.5 Å². The Kier molecular flexibility index (Phi) is 4.05. The van der Waals surface area contributed by atoms with Gasteiger partial charge in [-0.15, -0.1) is 0 Å². The predicted molar refractivity (Wildman–Crippen MR) is 86.6 cm³/mol. The Morgan fingerprint density at radius 3 is 2.48 bits per heavy atom. The maximum atomic E-state index is 12.1. The van der Waals surface area contributed by atoms with Crippen molar-refractivity contribution < 1.29 is 4.79 Å². The second-order valence-corrected chi connectivity index (χ2v) is 5.90. The lowest BCUT2D eigenvalue weighted by Gasteiger charge is -2.16. The lowest BCUT2D eigenvalue weighted by Crippen LogP contribution is -2.15. The minimum Gasteiger partial charge on any atom is -0.326 e. The average molecular weight is 279 g/mol. The lowest BCUT2D eigenvalue weighted by atomic mass is 9.90. The fraction of sp³-hybridized carbons (Fsp3) is 0.316. The molecule has 1 aliphatic rings. The molecule has 2 nitrogen and oxygen atoms in total. The van der Waals surface area contributed by atoms with Crippen molar-refractivity contribution in [3.8, 4) is 0 Å². The molecule has 1 amide bonds. The van der Waals surface area contributed by atoms with E-state index in [0.29, 0.717) is 6.42 Å². The highest BCUT2D eigenvalue weighted by atomic mass is 16.1. The highest BCUT2D eigenvalue weighted by Gasteiger charge is 2.11. The maximum absolute atomic E-state index is 12.1. The largest absolute Gasteiger partial charge is 0.326 e. The van der Waals surface area contributed by atoms with Gasteiger partial charge in [0.1, 0.15) is 0 Å². The third-order valence-corrected chi connectivity index (χ3v) is 4.11. The van der Waals surface area contributed by atoms with E-state index in [1.807, 2.05) is 31.2 Å². The van der Waals surface area contributed by atoms with Crippen LogP contribution >= 0.6 is 0 Å². The number of benzene rings is 2. The molecule has 2 heteroatoms. The smallest absolute Gasteiger partial charge is 0.228 e. The van der Waals surface area contributed by atoms with Gasteiger partial charge in [-0.2, -0.15) is 0 Å². The van der Waals surface area contributed by atoms with Crippen molar-refractivity contribution in [1.29, 1.82) is 0 Å². The summed E-state index contributed by atoms with van der Waals surface area (Å²) >= 11 is 0. The third-order valence-electron chi connectivity index (χ3n) is 4.11. The first kappa shape index (κ1) is 13.9. The molecule has 0 bridgehead atoms. The van der Waals surface area contributed by atoms with Gasteiger partial charge in [-0.05, 0) is 61.4 Å². The molecule has 0 aliphatic heterocycles. The van der Waals surface area contributed by atoms with Gasteiger partial charge in [-0.3, -0.25) is 4.79 Å². The topological polar surface area (TPSA) is 29.1 Å². The molecule has 0 spiro atoms. The Balaban J connectivity index is 1.65.